The number of carbonyl (C=O) groups excluding carboxylic acids is 1. The number of amides is 1. The van der Waals surface area contributed by atoms with Crippen LogP contribution in [-0.4, -0.2) is 42.0 Å². The van der Waals surface area contributed by atoms with E-state index in [-0.39, 0.29) is 51.1 Å². The van der Waals surface area contributed by atoms with Crippen LogP contribution in [0.25, 0.3) is 22.3 Å². The third kappa shape index (κ3) is 6.30. The number of hydrogen-bond acceptors (Lipinski definition) is 8. The number of hydrogen-bond donors (Lipinski definition) is 4. The molecule has 0 fully saturated rings. The summed E-state index contributed by atoms with van der Waals surface area (Å²) in [5, 5.41) is 10.2. The SMILES string of the molecule is NC(=O)c1ccc(-c2ccc3nc(NCc4ccc(S(N)(=O)=O)cc4)nc(NCC(F)(F)F)c3n2)cc1F. The second kappa shape index (κ2) is 10.2. The van der Waals surface area contributed by atoms with Crippen molar-refractivity contribution in [3.63, 3.8) is 0 Å². The summed E-state index contributed by atoms with van der Waals surface area (Å²) in [5.74, 6) is -2.08. The fraction of sp³-hybridized carbons (Fsp3) is 0.130. The lowest BCUT2D eigenvalue weighted by atomic mass is 10.1. The number of alkyl halides is 3. The van der Waals surface area contributed by atoms with E-state index < -0.39 is 34.5 Å². The zero-order valence-electron chi connectivity index (χ0n) is 19.3. The second-order valence-corrected chi connectivity index (χ2v) is 9.59. The van der Waals surface area contributed by atoms with Crippen LogP contribution in [0.15, 0.2) is 59.5 Å². The Bertz CT molecular complexity index is 1630. The summed E-state index contributed by atoms with van der Waals surface area (Å²) in [6, 6.07) is 12.2. The van der Waals surface area contributed by atoms with E-state index in [4.69, 9.17) is 10.9 Å². The molecular weight excluding hydrogens is 530 g/mol. The van der Waals surface area contributed by atoms with Crippen molar-refractivity contribution >= 4 is 38.7 Å². The molecule has 2 aromatic carbocycles. The predicted octanol–water partition coefficient (Wildman–Crippen LogP) is 3.16. The van der Waals surface area contributed by atoms with Gasteiger partial charge in [0, 0.05) is 12.1 Å². The first-order valence-corrected chi connectivity index (χ1v) is 12.3. The molecule has 0 radical (unpaired) electrons. The fourth-order valence-corrected chi connectivity index (χ4v) is 3.93. The standard InChI is InChI=1S/C23H19F4N7O3S/c24-16-9-13(3-6-15(16)20(28)35)17-7-8-18-19(32-17)21(31-11-23(25,26)27)34-22(33-18)30-10-12-1-4-14(5-2-12)38(29,36)37/h1-9H,10-11H2,(H2,28,35)(H2,29,36,37)(H2,30,31,33,34). The maximum absolute atomic E-state index is 14.3. The molecule has 2 heterocycles. The smallest absolute Gasteiger partial charge is 0.366 e. The van der Waals surface area contributed by atoms with Crippen molar-refractivity contribution in [1.29, 1.82) is 0 Å². The van der Waals surface area contributed by atoms with E-state index in [1.54, 1.807) is 0 Å². The summed E-state index contributed by atoms with van der Waals surface area (Å²) < 4.78 is 75.9. The van der Waals surface area contributed by atoms with Crippen LogP contribution in [0.1, 0.15) is 15.9 Å². The Balaban J connectivity index is 1.67. The first kappa shape index (κ1) is 26.7. The van der Waals surface area contributed by atoms with Gasteiger partial charge >= 0.3 is 6.18 Å². The molecule has 0 aliphatic carbocycles. The zero-order chi connectivity index (χ0) is 27.7. The molecule has 0 spiro atoms. The van der Waals surface area contributed by atoms with Crippen LogP contribution in [0, 0.1) is 5.82 Å². The molecule has 0 bridgehead atoms. The average Bonchev–Trinajstić information content (AvgIpc) is 2.84. The molecule has 4 aromatic rings. The molecule has 198 valence electrons. The van der Waals surface area contributed by atoms with Gasteiger partial charge in [-0.25, -0.2) is 27.9 Å². The number of benzene rings is 2. The van der Waals surface area contributed by atoms with Crippen LogP contribution in [0.5, 0.6) is 0 Å². The lowest BCUT2D eigenvalue weighted by Gasteiger charge is -2.14. The topological polar surface area (TPSA) is 166 Å². The van der Waals surface area contributed by atoms with Gasteiger partial charge in [-0.3, -0.25) is 4.79 Å². The molecule has 38 heavy (non-hydrogen) atoms. The molecule has 10 nitrogen and oxygen atoms in total. The van der Waals surface area contributed by atoms with Gasteiger partial charge in [0.25, 0.3) is 5.91 Å². The van der Waals surface area contributed by atoms with Gasteiger partial charge < -0.3 is 16.4 Å². The summed E-state index contributed by atoms with van der Waals surface area (Å²) in [4.78, 5) is 23.9. The van der Waals surface area contributed by atoms with Gasteiger partial charge in [0.2, 0.25) is 16.0 Å². The number of fused-ring (bicyclic) bond motifs is 1. The third-order valence-electron chi connectivity index (χ3n) is 5.23. The number of primary sulfonamides is 1. The zero-order valence-corrected chi connectivity index (χ0v) is 20.1. The van der Waals surface area contributed by atoms with Gasteiger partial charge in [0.15, 0.2) is 5.82 Å². The number of sulfonamides is 1. The van der Waals surface area contributed by atoms with E-state index in [1.807, 2.05) is 0 Å². The van der Waals surface area contributed by atoms with Crippen molar-refractivity contribution in [3.8, 4) is 11.3 Å². The molecule has 0 unspecified atom stereocenters. The van der Waals surface area contributed by atoms with Gasteiger partial charge in [-0.15, -0.1) is 0 Å². The second-order valence-electron chi connectivity index (χ2n) is 8.03. The van der Waals surface area contributed by atoms with Crippen LogP contribution in [0.3, 0.4) is 0 Å². The molecule has 0 saturated heterocycles. The molecule has 15 heteroatoms. The third-order valence-corrected chi connectivity index (χ3v) is 6.16. The van der Waals surface area contributed by atoms with Crippen molar-refractivity contribution in [2.45, 2.75) is 17.6 Å². The minimum Gasteiger partial charge on any atom is -0.366 e. The van der Waals surface area contributed by atoms with E-state index in [1.165, 1.54) is 48.5 Å². The molecule has 0 saturated carbocycles. The van der Waals surface area contributed by atoms with E-state index in [0.717, 1.165) is 6.07 Å². The lowest BCUT2D eigenvalue weighted by Crippen LogP contribution is -2.22. The monoisotopic (exact) mass is 549 g/mol. The molecule has 2 aromatic heterocycles. The van der Waals surface area contributed by atoms with Crippen molar-refractivity contribution in [2.24, 2.45) is 10.9 Å². The van der Waals surface area contributed by atoms with Crippen LogP contribution in [0.4, 0.5) is 29.3 Å². The summed E-state index contributed by atoms with van der Waals surface area (Å²) in [6.45, 7) is -1.28. The van der Waals surface area contributed by atoms with Gasteiger partial charge in [-0.1, -0.05) is 18.2 Å². The largest absolute Gasteiger partial charge is 0.405 e. The van der Waals surface area contributed by atoms with Crippen LogP contribution < -0.4 is 21.5 Å². The van der Waals surface area contributed by atoms with Crippen molar-refractivity contribution in [2.75, 3.05) is 17.2 Å². The van der Waals surface area contributed by atoms with Crippen LogP contribution >= 0.6 is 0 Å². The normalized spacial score (nSPS) is 11.9. The highest BCUT2D eigenvalue weighted by atomic mass is 32.2. The number of nitrogens with zero attached hydrogens (tertiary/aromatic N) is 3. The first-order valence-electron chi connectivity index (χ1n) is 10.7. The molecule has 1 amide bonds. The Labute approximate surface area is 213 Å². The molecule has 0 atom stereocenters. The number of carbonyl (C=O) groups is 1. The van der Waals surface area contributed by atoms with Crippen LogP contribution in [-0.2, 0) is 16.6 Å². The molecular formula is C23H19F4N7O3S. The number of rotatable bonds is 8. The van der Waals surface area contributed by atoms with E-state index in [0.29, 0.717) is 5.56 Å². The van der Waals surface area contributed by atoms with Gasteiger partial charge in [-0.2, -0.15) is 18.2 Å². The summed E-state index contributed by atoms with van der Waals surface area (Å²) in [6.07, 6.45) is -4.55. The highest BCUT2D eigenvalue weighted by Crippen LogP contribution is 2.27. The number of aromatic nitrogens is 3. The molecule has 0 aliphatic rings. The lowest BCUT2D eigenvalue weighted by molar-refractivity contribution is -0.115. The highest BCUT2D eigenvalue weighted by Gasteiger charge is 2.27. The quantitative estimate of drug-likeness (QED) is 0.243. The Hall–Kier alpha value is -4.37. The number of halogens is 4. The van der Waals surface area contributed by atoms with E-state index in [9.17, 15) is 30.8 Å². The van der Waals surface area contributed by atoms with Crippen molar-refractivity contribution in [3.05, 3.63) is 71.5 Å². The summed E-state index contributed by atoms with van der Waals surface area (Å²) >= 11 is 0. The summed E-state index contributed by atoms with van der Waals surface area (Å²) in [7, 11) is -3.86. The number of anilines is 2. The Morgan fingerprint density at radius 2 is 1.66 bits per heavy atom. The maximum atomic E-state index is 14.3. The minimum absolute atomic E-state index is 0.00538. The fourth-order valence-electron chi connectivity index (χ4n) is 3.41. The predicted molar refractivity (Wildman–Crippen MR) is 131 cm³/mol. The average molecular weight is 550 g/mol. The van der Waals surface area contributed by atoms with Crippen molar-refractivity contribution in [1.82, 2.24) is 15.0 Å². The number of primary amides is 1. The minimum atomic E-state index is -4.55. The van der Waals surface area contributed by atoms with Gasteiger partial charge in [0.05, 0.1) is 21.7 Å². The number of nitrogens with one attached hydrogen (secondary N) is 2. The first-order chi connectivity index (χ1) is 17.8. The van der Waals surface area contributed by atoms with E-state index in [2.05, 4.69) is 25.6 Å². The van der Waals surface area contributed by atoms with E-state index >= 15 is 0 Å². The van der Waals surface area contributed by atoms with Gasteiger partial charge in [-0.05, 0) is 42.0 Å². The molecule has 6 N–H and O–H groups in total. The summed E-state index contributed by atoms with van der Waals surface area (Å²) in [5.41, 5.74) is 6.06. The Morgan fingerprint density at radius 3 is 2.26 bits per heavy atom. The van der Waals surface area contributed by atoms with Crippen LogP contribution in [0.2, 0.25) is 0 Å². The number of pyridine rings is 1. The Kier molecular flexibility index (Phi) is 7.15. The van der Waals surface area contributed by atoms with Gasteiger partial charge in [0.1, 0.15) is 17.9 Å². The Morgan fingerprint density at radius 1 is 0.947 bits per heavy atom. The van der Waals surface area contributed by atoms with Crippen molar-refractivity contribution < 1.29 is 30.8 Å². The molecule has 4 rings (SSSR count). The highest BCUT2D eigenvalue weighted by molar-refractivity contribution is 7.89. The maximum Gasteiger partial charge on any atom is 0.405 e. The molecule has 0 aliphatic heterocycles. The number of nitrogens with two attached hydrogens (primary N) is 2.